The Morgan fingerprint density at radius 1 is 1.21 bits per heavy atom. The molecular formula is C20H19N5O3S. The number of para-hydroxylation sites is 1. The Kier molecular flexibility index (Phi) is 6.30. The molecule has 0 aliphatic carbocycles. The van der Waals surface area contributed by atoms with E-state index < -0.39 is 5.97 Å². The minimum atomic E-state index is -0.730. The Morgan fingerprint density at radius 3 is 2.52 bits per heavy atom. The monoisotopic (exact) mass is 409 g/mol. The zero-order valence-corrected chi connectivity index (χ0v) is 16.7. The van der Waals surface area contributed by atoms with Crippen LogP contribution in [0.5, 0.6) is 0 Å². The zero-order chi connectivity index (χ0) is 20.8. The highest BCUT2D eigenvalue weighted by molar-refractivity contribution is 7.71. The first-order valence-corrected chi connectivity index (χ1v) is 9.24. The molecule has 0 atom stereocenters. The maximum Gasteiger partial charge on any atom is 0.362 e. The minimum absolute atomic E-state index is 0.176. The van der Waals surface area contributed by atoms with E-state index in [0.717, 1.165) is 11.3 Å². The molecule has 29 heavy (non-hydrogen) atoms. The first kappa shape index (κ1) is 20.2. The molecule has 0 aliphatic rings. The van der Waals surface area contributed by atoms with E-state index in [4.69, 9.17) is 17.0 Å². The summed E-state index contributed by atoms with van der Waals surface area (Å²) in [5.74, 6) is -0.337. The van der Waals surface area contributed by atoms with Gasteiger partial charge in [-0.15, -0.1) is 5.11 Å². The summed E-state index contributed by atoms with van der Waals surface area (Å²) in [7, 11) is 0. The Bertz CT molecular complexity index is 1110. The van der Waals surface area contributed by atoms with Crippen molar-refractivity contribution in [1.29, 1.82) is 0 Å². The van der Waals surface area contributed by atoms with Crippen molar-refractivity contribution in [2.45, 2.75) is 13.8 Å². The molecule has 0 saturated carbocycles. The molecule has 0 bridgehead atoms. The van der Waals surface area contributed by atoms with E-state index in [1.165, 1.54) is 6.92 Å². The van der Waals surface area contributed by atoms with Gasteiger partial charge >= 0.3 is 5.97 Å². The van der Waals surface area contributed by atoms with Crippen molar-refractivity contribution in [1.82, 2.24) is 14.8 Å². The van der Waals surface area contributed by atoms with Gasteiger partial charge in [-0.25, -0.2) is 4.79 Å². The molecule has 1 aromatic heterocycles. The largest absolute Gasteiger partial charge is 0.510 e. The number of allylic oxidation sites excluding steroid dienone is 1. The van der Waals surface area contributed by atoms with Crippen LogP contribution in [0, 0.1) is 4.77 Å². The van der Waals surface area contributed by atoms with E-state index in [-0.39, 0.29) is 18.1 Å². The molecular weight excluding hydrogens is 390 g/mol. The normalized spacial score (nSPS) is 12.1. The van der Waals surface area contributed by atoms with Gasteiger partial charge in [0.15, 0.2) is 10.6 Å². The second kappa shape index (κ2) is 9.07. The Balaban J connectivity index is 1.88. The molecule has 148 valence electrons. The summed E-state index contributed by atoms with van der Waals surface area (Å²) in [6.45, 7) is 3.19. The zero-order valence-electron chi connectivity index (χ0n) is 15.9. The van der Waals surface area contributed by atoms with E-state index in [1.54, 1.807) is 19.1 Å². The lowest BCUT2D eigenvalue weighted by atomic mass is 10.2. The highest BCUT2D eigenvalue weighted by atomic mass is 32.1. The van der Waals surface area contributed by atoms with Gasteiger partial charge in [-0.3, -0.25) is 9.67 Å². The average molecular weight is 409 g/mol. The van der Waals surface area contributed by atoms with E-state index in [0.29, 0.717) is 16.3 Å². The molecule has 0 saturated heterocycles. The number of ether oxygens (including phenoxy) is 1. The fraction of sp³-hybridized carbons (Fsp3) is 0.150. The molecule has 0 fully saturated rings. The predicted molar refractivity (Wildman–Crippen MR) is 111 cm³/mol. The number of carbonyl (C=O) groups excluding carboxylic acids is 1. The number of esters is 1. The van der Waals surface area contributed by atoms with Crippen molar-refractivity contribution in [2.24, 2.45) is 10.2 Å². The third-order valence-corrected chi connectivity index (χ3v) is 4.16. The maximum atomic E-state index is 11.8. The van der Waals surface area contributed by atoms with Gasteiger partial charge in [-0.1, -0.05) is 18.2 Å². The molecule has 2 aromatic carbocycles. The number of benzene rings is 2. The molecule has 3 rings (SSSR count). The fourth-order valence-corrected chi connectivity index (χ4v) is 2.79. The average Bonchev–Trinajstić information content (AvgIpc) is 3.10. The van der Waals surface area contributed by atoms with Gasteiger partial charge < -0.3 is 9.84 Å². The number of hydrogen-bond acceptors (Lipinski definition) is 7. The van der Waals surface area contributed by atoms with Crippen LogP contribution in [0.2, 0.25) is 0 Å². The van der Waals surface area contributed by atoms with Crippen molar-refractivity contribution in [3.63, 3.8) is 0 Å². The molecule has 3 aromatic rings. The van der Waals surface area contributed by atoms with Gasteiger partial charge in [0.2, 0.25) is 5.70 Å². The number of nitrogens with zero attached hydrogens (tertiary/aromatic N) is 4. The third kappa shape index (κ3) is 4.64. The van der Waals surface area contributed by atoms with Crippen molar-refractivity contribution < 1.29 is 14.6 Å². The summed E-state index contributed by atoms with van der Waals surface area (Å²) in [6.07, 6.45) is 0. The van der Waals surface area contributed by atoms with E-state index in [2.05, 4.69) is 20.4 Å². The topological polar surface area (TPSA) is 105 Å². The van der Waals surface area contributed by atoms with Crippen molar-refractivity contribution in [3.05, 3.63) is 70.8 Å². The van der Waals surface area contributed by atoms with Crippen LogP contribution in [0.1, 0.15) is 13.8 Å². The Labute approximate surface area is 172 Å². The van der Waals surface area contributed by atoms with Gasteiger partial charge in [0.1, 0.15) is 5.76 Å². The van der Waals surface area contributed by atoms with Crippen LogP contribution >= 0.6 is 12.2 Å². The number of aromatic amines is 1. The second-order valence-electron chi connectivity index (χ2n) is 5.92. The molecule has 0 unspecified atom stereocenters. The molecule has 9 heteroatoms. The maximum absolute atomic E-state index is 11.8. The number of rotatable bonds is 6. The van der Waals surface area contributed by atoms with E-state index >= 15 is 0 Å². The lowest BCUT2D eigenvalue weighted by Gasteiger charge is -2.07. The Morgan fingerprint density at radius 2 is 1.90 bits per heavy atom. The highest BCUT2D eigenvalue weighted by Gasteiger charge is 2.14. The van der Waals surface area contributed by atoms with Crippen molar-refractivity contribution in [3.8, 4) is 17.1 Å². The number of hydrogen-bond donors (Lipinski definition) is 2. The first-order valence-electron chi connectivity index (χ1n) is 8.83. The molecule has 8 nitrogen and oxygen atoms in total. The standard InChI is InChI=1S/C20H19N5O3S/c1-3-28-19(27)17(13(2)26)22-21-15-11-9-14(10-12-15)18-23-24-20(29)25(18)16-7-5-4-6-8-16/h4-12,26H,3H2,1-2H3,(H,24,29)/b17-13+,22-21?. The quantitative estimate of drug-likeness (QED) is 0.195. The lowest BCUT2D eigenvalue weighted by molar-refractivity contribution is -0.138. The summed E-state index contributed by atoms with van der Waals surface area (Å²) in [6, 6.07) is 16.7. The summed E-state index contributed by atoms with van der Waals surface area (Å²) in [4.78, 5) is 11.8. The highest BCUT2D eigenvalue weighted by Crippen LogP contribution is 2.24. The molecule has 0 radical (unpaired) electrons. The molecule has 0 spiro atoms. The van der Waals surface area contributed by atoms with Crippen molar-refractivity contribution >= 4 is 23.9 Å². The van der Waals surface area contributed by atoms with Gasteiger partial charge in [0.25, 0.3) is 0 Å². The summed E-state index contributed by atoms with van der Waals surface area (Å²) < 4.78 is 7.17. The van der Waals surface area contributed by atoms with E-state index in [9.17, 15) is 9.90 Å². The molecule has 2 N–H and O–H groups in total. The van der Waals surface area contributed by atoms with Crippen LogP contribution in [0.3, 0.4) is 0 Å². The van der Waals surface area contributed by atoms with Crippen LogP contribution in [0.25, 0.3) is 17.1 Å². The van der Waals surface area contributed by atoms with Gasteiger partial charge in [-0.2, -0.15) is 10.2 Å². The fourth-order valence-electron chi connectivity index (χ4n) is 2.55. The van der Waals surface area contributed by atoms with Crippen LogP contribution in [0.4, 0.5) is 5.69 Å². The first-order chi connectivity index (χ1) is 14.0. The summed E-state index contributed by atoms with van der Waals surface area (Å²) >= 11 is 5.36. The van der Waals surface area contributed by atoms with Gasteiger partial charge in [0.05, 0.1) is 12.3 Å². The second-order valence-corrected chi connectivity index (χ2v) is 6.31. The number of nitrogens with one attached hydrogen (secondary N) is 1. The van der Waals surface area contributed by atoms with Gasteiger partial charge in [-0.05, 0) is 62.5 Å². The third-order valence-electron chi connectivity index (χ3n) is 3.89. The molecule has 0 amide bonds. The number of aliphatic hydroxyl groups is 1. The number of aliphatic hydroxyl groups excluding tert-OH is 1. The number of carbonyl (C=O) groups is 1. The van der Waals surface area contributed by atoms with Crippen LogP contribution in [0.15, 0.2) is 76.3 Å². The summed E-state index contributed by atoms with van der Waals surface area (Å²) in [5, 5.41) is 24.6. The summed E-state index contributed by atoms with van der Waals surface area (Å²) in [5.41, 5.74) is 1.98. The number of azo groups is 1. The minimum Gasteiger partial charge on any atom is -0.510 e. The molecule has 1 heterocycles. The smallest absolute Gasteiger partial charge is 0.362 e. The lowest BCUT2D eigenvalue weighted by Crippen LogP contribution is -2.07. The Hall–Kier alpha value is -3.59. The van der Waals surface area contributed by atoms with Crippen LogP contribution < -0.4 is 0 Å². The van der Waals surface area contributed by atoms with Gasteiger partial charge in [0, 0.05) is 11.3 Å². The van der Waals surface area contributed by atoms with Crippen LogP contribution in [-0.2, 0) is 9.53 Å². The molecule has 0 aliphatic heterocycles. The number of aromatic nitrogens is 3. The number of H-pyrrole nitrogens is 1. The predicted octanol–water partition coefficient (Wildman–Crippen LogP) is 5.03. The van der Waals surface area contributed by atoms with Crippen molar-refractivity contribution in [2.75, 3.05) is 6.61 Å². The SMILES string of the molecule is CCOC(=O)/C(N=Nc1ccc(-c2n[nH]c(=S)n2-c2ccccc2)cc1)=C(/C)O. The van der Waals surface area contributed by atoms with Crippen LogP contribution in [-0.4, -0.2) is 32.4 Å². The van der Waals surface area contributed by atoms with E-state index in [1.807, 2.05) is 47.0 Å².